The fourth-order valence-electron chi connectivity index (χ4n) is 8.47. The molecule has 0 amide bonds. The minimum absolute atomic E-state index is 0. The molecule has 13 aromatic rings. The Labute approximate surface area is 361 Å². The first-order chi connectivity index (χ1) is 29.2. The zero-order valence-electron chi connectivity index (χ0n) is 31.8. The van der Waals surface area contributed by atoms with Gasteiger partial charge >= 0.3 is 0 Å². The molecular weight excluding hydrogens is 935 g/mol. The van der Waals surface area contributed by atoms with Crippen LogP contribution in [0, 0.1) is 12.1 Å². The summed E-state index contributed by atoms with van der Waals surface area (Å²) in [6, 6.07) is 66.0. The van der Waals surface area contributed by atoms with E-state index < -0.39 is 0 Å². The SMILES string of the molecule is [Ir].[c-]1cccc2c3cc(-c4cccc(-n5c6ccccc6c6cc(-c7ccc8oc9ccccc9c8c7)ccc65)c4)sc3c3ccnn3c12.[c-]1ccccc1-n1cccn1. The van der Waals surface area contributed by atoms with Crippen LogP contribution in [-0.2, 0) is 20.1 Å². The van der Waals surface area contributed by atoms with Crippen LogP contribution >= 0.6 is 11.3 Å². The number of fused-ring (bicyclic) bond motifs is 12. The van der Waals surface area contributed by atoms with Gasteiger partial charge in [-0.1, -0.05) is 66.0 Å². The smallest absolute Gasteiger partial charge is 0.135 e. The van der Waals surface area contributed by atoms with Crippen LogP contribution < -0.4 is 0 Å². The summed E-state index contributed by atoms with van der Waals surface area (Å²) in [6.07, 6.45) is 5.52. The third-order valence-corrected chi connectivity index (χ3v) is 12.4. The van der Waals surface area contributed by atoms with Gasteiger partial charge in [0.15, 0.2) is 0 Å². The molecule has 6 aromatic heterocycles. The van der Waals surface area contributed by atoms with Gasteiger partial charge < -0.3 is 8.98 Å². The summed E-state index contributed by atoms with van der Waals surface area (Å²) in [7, 11) is 0. The van der Waals surface area contributed by atoms with Crippen LogP contribution in [-0.4, -0.2) is 24.0 Å². The van der Waals surface area contributed by atoms with Crippen LogP contribution in [0.4, 0.5) is 0 Å². The Morgan fingerprint density at radius 3 is 2.17 bits per heavy atom. The summed E-state index contributed by atoms with van der Waals surface area (Å²) in [5.74, 6) is 0. The van der Waals surface area contributed by atoms with Gasteiger partial charge in [0, 0.05) is 75.5 Å². The average Bonchev–Trinajstić information content (AvgIpc) is 4.16. The largest absolute Gasteiger partial charge is 0.456 e. The molecular formula is C52H31IrN5OS-2. The molecule has 0 spiro atoms. The Balaban J connectivity index is 0.000000296. The fourth-order valence-corrected chi connectivity index (χ4v) is 9.65. The van der Waals surface area contributed by atoms with Crippen molar-refractivity contribution in [1.82, 2.24) is 24.0 Å². The standard InChI is InChI=1S/C43H24N3OS.C9H7N2.Ir/c1-4-13-36-30(10-1)33-23-26(27-17-19-41-34(24-27)32-12-3-6-15-40(32)47-41)16-18-37(33)45(36)29-9-7-8-28(22-29)42-25-35-31-11-2-5-14-38(31)46-39(20-21-44-46)43(35)48-42;1-2-5-9(6-3-1)11-8-4-7-10-11;/h1-13,15-25H;1-5,7-8H;/q2*-1;. The van der Waals surface area contributed by atoms with Gasteiger partial charge in [-0.05, 0) is 94.6 Å². The van der Waals surface area contributed by atoms with Gasteiger partial charge in [-0.3, -0.25) is 9.20 Å². The van der Waals surface area contributed by atoms with Gasteiger partial charge in [0.05, 0.1) is 16.6 Å². The maximum Gasteiger partial charge on any atom is 0.135 e. The predicted molar refractivity (Wildman–Crippen MR) is 242 cm³/mol. The molecule has 0 aliphatic heterocycles. The Hall–Kier alpha value is -7.09. The van der Waals surface area contributed by atoms with Gasteiger partial charge in [0.25, 0.3) is 0 Å². The zero-order chi connectivity index (χ0) is 38.9. The van der Waals surface area contributed by atoms with Crippen LogP contribution in [0.5, 0.6) is 0 Å². The number of pyridine rings is 1. The molecule has 0 unspecified atom stereocenters. The number of aromatic nitrogens is 5. The molecule has 8 heteroatoms. The molecule has 13 rings (SSSR count). The van der Waals surface area contributed by atoms with E-state index in [9.17, 15) is 0 Å². The van der Waals surface area contributed by atoms with Crippen LogP contribution in [0.15, 0.2) is 193 Å². The van der Waals surface area contributed by atoms with E-state index in [0.29, 0.717) is 0 Å². The minimum Gasteiger partial charge on any atom is -0.456 e. The summed E-state index contributed by atoms with van der Waals surface area (Å²) >= 11 is 1.82. The summed E-state index contributed by atoms with van der Waals surface area (Å²) < 4.78 is 13.5. The topological polar surface area (TPSA) is 53.2 Å². The number of furan rings is 1. The molecule has 6 heterocycles. The zero-order valence-corrected chi connectivity index (χ0v) is 35.0. The van der Waals surface area contributed by atoms with Gasteiger partial charge in [0.2, 0.25) is 0 Å². The molecule has 0 bridgehead atoms. The first-order valence-corrected chi connectivity index (χ1v) is 20.3. The molecule has 60 heavy (non-hydrogen) atoms. The van der Waals surface area contributed by atoms with E-state index in [1.807, 2.05) is 76.8 Å². The number of thiophene rings is 1. The van der Waals surface area contributed by atoms with Crippen molar-refractivity contribution >= 4 is 81.6 Å². The molecule has 0 atom stereocenters. The number of hydrogen-bond acceptors (Lipinski definition) is 4. The van der Waals surface area contributed by atoms with E-state index in [1.54, 1.807) is 10.9 Å². The van der Waals surface area contributed by atoms with Gasteiger partial charge in [-0.25, -0.2) is 0 Å². The fraction of sp³-hybridized carbons (Fsp3) is 0. The number of rotatable bonds is 4. The second-order valence-corrected chi connectivity index (χ2v) is 15.6. The predicted octanol–water partition coefficient (Wildman–Crippen LogP) is 13.5. The Morgan fingerprint density at radius 2 is 1.28 bits per heavy atom. The minimum atomic E-state index is 0. The van der Waals surface area contributed by atoms with E-state index in [4.69, 9.17) is 4.42 Å². The Morgan fingerprint density at radius 1 is 0.500 bits per heavy atom. The molecule has 0 saturated heterocycles. The third kappa shape index (κ3) is 5.88. The van der Waals surface area contributed by atoms with Crippen LogP contribution in [0.25, 0.3) is 103 Å². The molecule has 287 valence electrons. The Bertz CT molecular complexity index is 3690. The second kappa shape index (κ2) is 14.6. The quantitative estimate of drug-likeness (QED) is 0.165. The molecule has 0 fully saturated rings. The molecule has 0 aliphatic rings. The molecule has 0 N–H and O–H groups in total. The summed E-state index contributed by atoms with van der Waals surface area (Å²) in [4.78, 5) is 1.23. The maximum atomic E-state index is 6.11. The second-order valence-electron chi connectivity index (χ2n) is 14.6. The molecule has 6 nitrogen and oxygen atoms in total. The normalized spacial score (nSPS) is 11.5. The van der Waals surface area contributed by atoms with Crippen LogP contribution in [0.2, 0.25) is 0 Å². The first kappa shape index (κ1) is 36.0. The van der Waals surface area contributed by atoms with Crippen molar-refractivity contribution in [3.05, 3.63) is 201 Å². The number of nitrogens with zero attached hydrogens (tertiary/aromatic N) is 5. The van der Waals surface area contributed by atoms with Crippen molar-refractivity contribution in [2.45, 2.75) is 0 Å². The van der Waals surface area contributed by atoms with Crippen molar-refractivity contribution in [1.29, 1.82) is 0 Å². The van der Waals surface area contributed by atoms with Crippen LogP contribution in [0.3, 0.4) is 0 Å². The summed E-state index contributed by atoms with van der Waals surface area (Å²) in [5, 5.41) is 15.9. The van der Waals surface area contributed by atoms with Crippen molar-refractivity contribution in [2.24, 2.45) is 0 Å². The molecule has 0 saturated carbocycles. The maximum absolute atomic E-state index is 6.11. The van der Waals surface area contributed by atoms with E-state index in [2.05, 4.69) is 148 Å². The number of hydrogen-bond donors (Lipinski definition) is 0. The molecule has 1 radical (unpaired) electrons. The van der Waals surface area contributed by atoms with E-state index in [0.717, 1.165) is 44.3 Å². The van der Waals surface area contributed by atoms with E-state index in [-0.39, 0.29) is 20.1 Å². The van der Waals surface area contributed by atoms with Crippen molar-refractivity contribution in [2.75, 3.05) is 0 Å². The number of para-hydroxylation sites is 4. The summed E-state index contributed by atoms with van der Waals surface area (Å²) in [5.41, 5.74) is 12.0. The van der Waals surface area contributed by atoms with Gasteiger partial charge in [-0.2, -0.15) is 58.7 Å². The number of benzene rings is 7. The van der Waals surface area contributed by atoms with Gasteiger partial charge in [0.1, 0.15) is 11.2 Å². The average molecular weight is 966 g/mol. The molecule has 7 aromatic carbocycles. The van der Waals surface area contributed by atoms with Gasteiger partial charge in [-0.15, -0.1) is 22.8 Å². The first-order valence-electron chi connectivity index (χ1n) is 19.5. The van der Waals surface area contributed by atoms with Crippen molar-refractivity contribution in [3.8, 4) is 32.9 Å². The monoisotopic (exact) mass is 966 g/mol. The summed E-state index contributed by atoms with van der Waals surface area (Å²) in [6.45, 7) is 0. The third-order valence-electron chi connectivity index (χ3n) is 11.2. The Kier molecular flexibility index (Phi) is 8.78. The molecule has 0 aliphatic carbocycles. The van der Waals surface area contributed by atoms with Crippen molar-refractivity contribution in [3.63, 3.8) is 0 Å². The van der Waals surface area contributed by atoms with Crippen LogP contribution in [0.1, 0.15) is 0 Å². The van der Waals surface area contributed by atoms with Crippen molar-refractivity contribution < 1.29 is 24.5 Å². The van der Waals surface area contributed by atoms with E-state index in [1.165, 1.54) is 58.8 Å². The van der Waals surface area contributed by atoms with E-state index >= 15 is 0 Å².